The van der Waals surface area contributed by atoms with E-state index in [0.29, 0.717) is 6.04 Å². The highest BCUT2D eigenvalue weighted by molar-refractivity contribution is 7.09. The van der Waals surface area contributed by atoms with E-state index in [4.69, 9.17) is 0 Å². The molecule has 1 N–H and O–H groups in total. The molecule has 2 aromatic rings. The molecule has 1 atom stereocenters. The molecular weight excluding hydrogens is 224 g/mol. The number of aromatic nitrogens is 1. The van der Waals surface area contributed by atoms with Crippen molar-refractivity contribution in [1.82, 2.24) is 10.3 Å². The van der Waals surface area contributed by atoms with Crippen molar-refractivity contribution in [3.63, 3.8) is 0 Å². The van der Waals surface area contributed by atoms with Crippen LogP contribution < -0.4 is 5.32 Å². The van der Waals surface area contributed by atoms with Gasteiger partial charge in [0.1, 0.15) is 0 Å². The highest BCUT2D eigenvalue weighted by atomic mass is 32.1. The lowest BCUT2D eigenvalue weighted by Crippen LogP contribution is -2.20. The molecule has 0 radical (unpaired) electrons. The predicted molar refractivity (Wildman–Crippen MR) is 66.6 cm³/mol. The van der Waals surface area contributed by atoms with Crippen LogP contribution >= 0.6 is 22.7 Å². The zero-order valence-corrected chi connectivity index (χ0v) is 10.3. The molecule has 0 saturated carbocycles. The Kier molecular flexibility index (Phi) is 3.88. The van der Waals surface area contributed by atoms with Crippen LogP contribution in [0.2, 0.25) is 0 Å². The largest absolute Gasteiger partial charge is 0.310 e. The number of thiophene rings is 1. The van der Waals surface area contributed by atoms with Crippen molar-refractivity contribution in [2.75, 3.05) is 6.54 Å². The fraction of sp³-hybridized carbons (Fsp3) is 0.364. The second-order valence-electron chi connectivity index (χ2n) is 3.41. The molecule has 0 saturated heterocycles. The van der Waals surface area contributed by atoms with Gasteiger partial charge in [0, 0.05) is 30.6 Å². The summed E-state index contributed by atoms with van der Waals surface area (Å²) in [7, 11) is 0. The lowest BCUT2D eigenvalue weighted by molar-refractivity contribution is 0.578. The molecule has 2 nitrogen and oxygen atoms in total. The summed E-state index contributed by atoms with van der Waals surface area (Å²) in [4.78, 5) is 4.26. The van der Waals surface area contributed by atoms with Crippen LogP contribution in [0.5, 0.6) is 0 Å². The Morgan fingerprint density at radius 2 is 2.40 bits per heavy atom. The summed E-state index contributed by atoms with van der Waals surface area (Å²) < 4.78 is 0. The number of thiazole rings is 1. The van der Waals surface area contributed by atoms with Crippen molar-refractivity contribution in [2.24, 2.45) is 0 Å². The fourth-order valence-corrected chi connectivity index (χ4v) is 2.79. The Labute approximate surface area is 98.0 Å². The Hall–Kier alpha value is -0.710. The molecule has 0 amide bonds. The van der Waals surface area contributed by atoms with Crippen LogP contribution in [0.3, 0.4) is 0 Å². The molecule has 0 bridgehead atoms. The standard InChI is InChI=1S/C11H14N2S2/c1-9(10-3-6-14-8-10)12-4-2-11-13-5-7-15-11/h3,5-9,12H,2,4H2,1H3. The van der Waals surface area contributed by atoms with Crippen molar-refractivity contribution < 1.29 is 0 Å². The average molecular weight is 238 g/mol. The fourth-order valence-electron chi connectivity index (χ4n) is 1.41. The number of nitrogens with one attached hydrogen (secondary N) is 1. The van der Waals surface area contributed by atoms with E-state index in [1.165, 1.54) is 10.6 Å². The van der Waals surface area contributed by atoms with E-state index < -0.39 is 0 Å². The van der Waals surface area contributed by atoms with E-state index in [-0.39, 0.29) is 0 Å². The molecule has 2 heterocycles. The highest BCUT2D eigenvalue weighted by Gasteiger charge is 2.04. The van der Waals surface area contributed by atoms with E-state index in [0.717, 1.165) is 13.0 Å². The van der Waals surface area contributed by atoms with E-state index in [1.54, 1.807) is 22.7 Å². The molecule has 80 valence electrons. The summed E-state index contributed by atoms with van der Waals surface area (Å²) in [5.41, 5.74) is 1.37. The van der Waals surface area contributed by atoms with Crippen LogP contribution in [-0.4, -0.2) is 11.5 Å². The van der Waals surface area contributed by atoms with Crippen molar-refractivity contribution in [3.05, 3.63) is 39.0 Å². The van der Waals surface area contributed by atoms with E-state index in [1.807, 2.05) is 11.6 Å². The van der Waals surface area contributed by atoms with Crippen molar-refractivity contribution in [2.45, 2.75) is 19.4 Å². The molecule has 4 heteroatoms. The first-order chi connectivity index (χ1) is 7.36. The van der Waals surface area contributed by atoms with Gasteiger partial charge in [0.15, 0.2) is 0 Å². The topological polar surface area (TPSA) is 24.9 Å². The van der Waals surface area contributed by atoms with Crippen molar-refractivity contribution >= 4 is 22.7 Å². The van der Waals surface area contributed by atoms with Crippen molar-refractivity contribution in [1.29, 1.82) is 0 Å². The molecule has 2 rings (SSSR count). The van der Waals surface area contributed by atoms with Crippen molar-refractivity contribution in [3.8, 4) is 0 Å². The second-order valence-corrected chi connectivity index (χ2v) is 5.17. The zero-order chi connectivity index (χ0) is 10.5. The van der Waals surface area contributed by atoms with Gasteiger partial charge < -0.3 is 5.32 Å². The summed E-state index contributed by atoms with van der Waals surface area (Å²) in [6.45, 7) is 3.19. The monoisotopic (exact) mass is 238 g/mol. The first-order valence-corrected chi connectivity index (χ1v) is 6.82. The van der Waals surface area contributed by atoms with Crippen LogP contribution in [0.15, 0.2) is 28.4 Å². The maximum absolute atomic E-state index is 4.26. The molecule has 1 unspecified atom stereocenters. The van der Waals surface area contributed by atoms with Crippen LogP contribution in [0.1, 0.15) is 23.5 Å². The summed E-state index contributed by atoms with van der Waals surface area (Å²) in [5.74, 6) is 0. The summed E-state index contributed by atoms with van der Waals surface area (Å²) in [5, 5.41) is 11.0. The first-order valence-electron chi connectivity index (χ1n) is 5.00. The normalized spacial score (nSPS) is 12.9. The molecule has 0 fully saturated rings. The smallest absolute Gasteiger partial charge is 0.0937 e. The van der Waals surface area contributed by atoms with Gasteiger partial charge in [-0.15, -0.1) is 11.3 Å². The minimum absolute atomic E-state index is 0.441. The Morgan fingerprint density at radius 3 is 3.07 bits per heavy atom. The molecule has 15 heavy (non-hydrogen) atoms. The quantitative estimate of drug-likeness (QED) is 0.866. The van der Waals surface area contributed by atoms with Gasteiger partial charge in [0.05, 0.1) is 5.01 Å². The summed E-state index contributed by atoms with van der Waals surface area (Å²) in [6.07, 6.45) is 2.88. The molecule has 0 aliphatic heterocycles. The molecule has 0 aliphatic rings. The molecule has 0 spiro atoms. The van der Waals surface area contributed by atoms with Crippen LogP contribution in [0.4, 0.5) is 0 Å². The summed E-state index contributed by atoms with van der Waals surface area (Å²) in [6, 6.07) is 2.61. The SMILES string of the molecule is CC(NCCc1nccs1)c1ccsc1. The highest BCUT2D eigenvalue weighted by Crippen LogP contribution is 2.15. The minimum atomic E-state index is 0.441. The van der Waals surface area contributed by atoms with Gasteiger partial charge in [-0.25, -0.2) is 4.98 Å². The maximum atomic E-state index is 4.26. The number of rotatable bonds is 5. The Bertz CT molecular complexity index is 367. The molecule has 2 aromatic heterocycles. The van der Waals surface area contributed by atoms with E-state index in [2.05, 4.69) is 34.1 Å². The van der Waals surface area contributed by atoms with Crippen LogP contribution in [0.25, 0.3) is 0 Å². The Balaban J connectivity index is 1.74. The van der Waals surface area contributed by atoms with Gasteiger partial charge in [-0.2, -0.15) is 11.3 Å². The second kappa shape index (κ2) is 5.39. The van der Waals surface area contributed by atoms with Gasteiger partial charge in [-0.1, -0.05) is 0 Å². The van der Waals surface area contributed by atoms with Gasteiger partial charge in [-0.05, 0) is 29.3 Å². The first kappa shape index (κ1) is 10.8. The maximum Gasteiger partial charge on any atom is 0.0937 e. The minimum Gasteiger partial charge on any atom is -0.310 e. The third-order valence-corrected chi connectivity index (χ3v) is 3.86. The number of hydrogen-bond donors (Lipinski definition) is 1. The number of hydrogen-bond acceptors (Lipinski definition) is 4. The zero-order valence-electron chi connectivity index (χ0n) is 8.64. The molecular formula is C11H14N2S2. The summed E-state index contributed by atoms with van der Waals surface area (Å²) >= 11 is 3.47. The van der Waals surface area contributed by atoms with E-state index in [9.17, 15) is 0 Å². The van der Waals surface area contributed by atoms with Gasteiger partial charge in [-0.3, -0.25) is 0 Å². The predicted octanol–water partition coefficient (Wildman–Crippen LogP) is 3.10. The van der Waals surface area contributed by atoms with Crippen LogP contribution in [0, 0.1) is 0 Å². The lowest BCUT2D eigenvalue weighted by atomic mass is 10.2. The molecule has 0 aliphatic carbocycles. The Morgan fingerprint density at radius 1 is 1.47 bits per heavy atom. The average Bonchev–Trinajstić information content (AvgIpc) is 2.90. The molecule has 0 aromatic carbocycles. The van der Waals surface area contributed by atoms with Gasteiger partial charge >= 0.3 is 0 Å². The van der Waals surface area contributed by atoms with Gasteiger partial charge in [0.2, 0.25) is 0 Å². The van der Waals surface area contributed by atoms with Gasteiger partial charge in [0.25, 0.3) is 0 Å². The number of nitrogens with zero attached hydrogens (tertiary/aromatic N) is 1. The van der Waals surface area contributed by atoms with Crippen LogP contribution in [-0.2, 0) is 6.42 Å². The lowest BCUT2D eigenvalue weighted by Gasteiger charge is -2.11. The van der Waals surface area contributed by atoms with E-state index >= 15 is 0 Å². The third-order valence-electron chi connectivity index (χ3n) is 2.32. The third kappa shape index (κ3) is 3.12.